The first-order chi connectivity index (χ1) is 14.5. The molecule has 0 saturated heterocycles. The largest absolute Gasteiger partial charge is 0.466 e. The Morgan fingerprint density at radius 3 is 2.60 bits per heavy atom. The van der Waals surface area contributed by atoms with Crippen LogP contribution in [-0.4, -0.2) is 32.0 Å². The highest BCUT2D eigenvalue weighted by atomic mass is 16.5. The molecule has 0 N–H and O–H groups in total. The van der Waals surface area contributed by atoms with Crippen molar-refractivity contribution in [1.82, 2.24) is 20.0 Å². The zero-order valence-corrected chi connectivity index (χ0v) is 17.2. The van der Waals surface area contributed by atoms with Crippen molar-refractivity contribution in [2.75, 3.05) is 0 Å². The van der Waals surface area contributed by atoms with Gasteiger partial charge in [-0.25, -0.2) is 4.98 Å². The Bertz CT molecular complexity index is 1240. The van der Waals surface area contributed by atoms with E-state index < -0.39 is 0 Å². The van der Waals surface area contributed by atoms with Crippen molar-refractivity contribution in [3.05, 3.63) is 65.0 Å². The summed E-state index contributed by atoms with van der Waals surface area (Å²) >= 11 is 0. The van der Waals surface area contributed by atoms with Crippen LogP contribution in [0, 0.1) is 20.8 Å². The highest BCUT2D eigenvalue weighted by Crippen LogP contribution is 2.34. The van der Waals surface area contributed by atoms with Crippen LogP contribution in [0.1, 0.15) is 46.0 Å². The van der Waals surface area contributed by atoms with Crippen molar-refractivity contribution in [2.24, 2.45) is 0 Å². The standard InChI is InChI=1S/C23H22N4O3/c1-13-10-18(15(3)29-13)20-11-19(21-14(2)26-30-22(21)25-20)23(28)27(17-4-5-17)12-16-6-8-24-9-7-16/h6-11,17H,4-5,12H2,1-3H3. The van der Waals surface area contributed by atoms with Gasteiger partial charge in [-0.1, -0.05) is 5.16 Å². The summed E-state index contributed by atoms with van der Waals surface area (Å²) in [4.78, 5) is 24.4. The summed E-state index contributed by atoms with van der Waals surface area (Å²) in [5.41, 5.74) is 4.14. The predicted molar refractivity (Wildman–Crippen MR) is 111 cm³/mol. The maximum atomic E-state index is 13.8. The van der Waals surface area contributed by atoms with Crippen molar-refractivity contribution in [1.29, 1.82) is 0 Å². The molecule has 0 radical (unpaired) electrons. The molecule has 5 rings (SSSR count). The van der Waals surface area contributed by atoms with E-state index in [4.69, 9.17) is 8.94 Å². The van der Waals surface area contributed by atoms with Gasteiger partial charge in [0.2, 0.25) is 0 Å². The first kappa shape index (κ1) is 18.5. The van der Waals surface area contributed by atoms with Crippen LogP contribution in [0.25, 0.3) is 22.4 Å². The van der Waals surface area contributed by atoms with Crippen molar-refractivity contribution in [3.63, 3.8) is 0 Å². The molecule has 0 atom stereocenters. The molecule has 1 aliphatic carbocycles. The van der Waals surface area contributed by atoms with Gasteiger partial charge in [0.05, 0.1) is 22.3 Å². The van der Waals surface area contributed by atoms with Crippen LogP contribution in [0.2, 0.25) is 0 Å². The van der Waals surface area contributed by atoms with Gasteiger partial charge < -0.3 is 13.8 Å². The Morgan fingerprint density at radius 2 is 1.93 bits per heavy atom. The lowest BCUT2D eigenvalue weighted by Gasteiger charge is -2.23. The van der Waals surface area contributed by atoms with Crippen molar-refractivity contribution < 1.29 is 13.7 Å². The van der Waals surface area contributed by atoms with Crippen LogP contribution < -0.4 is 0 Å². The Kier molecular flexibility index (Phi) is 4.38. The van der Waals surface area contributed by atoms with Crippen molar-refractivity contribution in [2.45, 2.75) is 46.2 Å². The molecule has 152 valence electrons. The van der Waals surface area contributed by atoms with E-state index in [1.54, 1.807) is 12.4 Å². The average molecular weight is 402 g/mol. The van der Waals surface area contributed by atoms with Gasteiger partial charge in [0.1, 0.15) is 11.5 Å². The van der Waals surface area contributed by atoms with Gasteiger partial charge in [-0.2, -0.15) is 0 Å². The average Bonchev–Trinajstić information content (AvgIpc) is 3.44. The number of pyridine rings is 2. The molecule has 7 nitrogen and oxygen atoms in total. The van der Waals surface area contributed by atoms with Gasteiger partial charge in [-0.05, 0) is 63.4 Å². The van der Waals surface area contributed by atoms with Gasteiger partial charge in [0.15, 0.2) is 0 Å². The van der Waals surface area contributed by atoms with Crippen LogP contribution in [0.5, 0.6) is 0 Å². The number of hydrogen-bond acceptors (Lipinski definition) is 6. The Balaban J connectivity index is 1.62. The molecule has 1 amide bonds. The summed E-state index contributed by atoms with van der Waals surface area (Å²) in [6, 6.07) is 7.90. The maximum Gasteiger partial charge on any atom is 0.259 e. The third-order valence-electron chi connectivity index (χ3n) is 5.52. The molecule has 0 aromatic carbocycles. The predicted octanol–water partition coefficient (Wildman–Crippen LogP) is 4.61. The van der Waals surface area contributed by atoms with Crippen LogP contribution in [-0.2, 0) is 6.54 Å². The lowest BCUT2D eigenvalue weighted by atomic mass is 10.0. The summed E-state index contributed by atoms with van der Waals surface area (Å²) < 4.78 is 11.1. The number of rotatable bonds is 5. The summed E-state index contributed by atoms with van der Waals surface area (Å²) in [5.74, 6) is 1.51. The van der Waals surface area contributed by atoms with E-state index in [2.05, 4.69) is 15.1 Å². The quantitative estimate of drug-likeness (QED) is 0.485. The zero-order chi connectivity index (χ0) is 20.8. The van der Waals surface area contributed by atoms with Gasteiger partial charge >= 0.3 is 0 Å². The number of carbonyl (C=O) groups excluding carboxylic acids is 1. The second-order valence-electron chi connectivity index (χ2n) is 7.85. The number of fused-ring (bicyclic) bond motifs is 1. The highest BCUT2D eigenvalue weighted by Gasteiger charge is 2.35. The summed E-state index contributed by atoms with van der Waals surface area (Å²) in [5, 5.41) is 4.73. The first-order valence-electron chi connectivity index (χ1n) is 10.1. The first-order valence-corrected chi connectivity index (χ1v) is 10.1. The van der Waals surface area contributed by atoms with E-state index >= 15 is 0 Å². The molecule has 1 fully saturated rings. The molecule has 7 heteroatoms. The molecule has 0 spiro atoms. The summed E-state index contributed by atoms with van der Waals surface area (Å²) in [6.07, 6.45) is 5.53. The van der Waals surface area contributed by atoms with E-state index in [-0.39, 0.29) is 11.9 Å². The van der Waals surface area contributed by atoms with E-state index in [0.717, 1.165) is 35.5 Å². The molecular formula is C23H22N4O3. The lowest BCUT2D eigenvalue weighted by Crippen LogP contribution is -2.32. The smallest absolute Gasteiger partial charge is 0.259 e. The van der Waals surface area contributed by atoms with Crippen LogP contribution in [0.4, 0.5) is 0 Å². The third kappa shape index (κ3) is 3.26. The van der Waals surface area contributed by atoms with E-state index in [1.165, 1.54) is 0 Å². The number of hydrogen-bond donors (Lipinski definition) is 0. The summed E-state index contributed by atoms with van der Waals surface area (Å²) in [6.45, 7) is 6.16. The van der Waals surface area contributed by atoms with Crippen LogP contribution >= 0.6 is 0 Å². The molecule has 0 aliphatic heterocycles. The van der Waals surface area contributed by atoms with Crippen molar-refractivity contribution >= 4 is 17.0 Å². The fourth-order valence-electron chi connectivity index (χ4n) is 3.88. The van der Waals surface area contributed by atoms with Gasteiger partial charge in [0, 0.05) is 30.5 Å². The Labute approximate surface area is 173 Å². The van der Waals surface area contributed by atoms with Gasteiger partial charge in [0.25, 0.3) is 11.6 Å². The second kappa shape index (κ2) is 7.09. The zero-order valence-electron chi connectivity index (χ0n) is 17.2. The number of furan rings is 1. The molecular weight excluding hydrogens is 380 g/mol. The fraction of sp³-hybridized carbons (Fsp3) is 0.304. The minimum Gasteiger partial charge on any atom is -0.466 e. The maximum absolute atomic E-state index is 13.8. The molecule has 0 bridgehead atoms. The SMILES string of the molecule is Cc1cc(-c2cc(C(=O)N(Cc3ccncc3)C3CC3)c3c(C)noc3n2)c(C)o1. The topological polar surface area (TPSA) is 85.3 Å². The monoisotopic (exact) mass is 402 g/mol. The molecule has 1 aliphatic rings. The van der Waals surface area contributed by atoms with Gasteiger partial charge in [-0.15, -0.1) is 0 Å². The van der Waals surface area contributed by atoms with Crippen LogP contribution in [0.15, 0.2) is 45.6 Å². The molecule has 4 heterocycles. The minimum absolute atomic E-state index is 0.0351. The van der Waals surface area contributed by atoms with E-state index in [9.17, 15) is 4.79 Å². The van der Waals surface area contributed by atoms with E-state index in [1.807, 2.05) is 49.9 Å². The van der Waals surface area contributed by atoms with E-state index in [0.29, 0.717) is 34.6 Å². The molecule has 4 aromatic rings. The normalized spacial score (nSPS) is 13.7. The van der Waals surface area contributed by atoms with Gasteiger partial charge in [-0.3, -0.25) is 9.78 Å². The molecule has 1 saturated carbocycles. The number of aryl methyl sites for hydroxylation is 3. The lowest BCUT2D eigenvalue weighted by molar-refractivity contribution is 0.0731. The fourth-order valence-corrected chi connectivity index (χ4v) is 3.88. The number of amides is 1. The highest BCUT2D eigenvalue weighted by molar-refractivity contribution is 6.07. The second-order valence-corrected chi connectivity index (χ2v) is 7.85. The molecule has 0 unspecified atom stereocenters. The molecule has 30 heavy (non-hydrogen) atoms. The molecule has 4 aromatic heterocycles. The minimum atomic E-state index is -0.0351. The van der Waals surface area contributed by atoms with Crippen LogP contribution in [0.3, 0.4) is 0 Å². The Morgan fingerprint density at radius 1 is 1.17 bits per heavy atom. The van der Waals surface area contributed by atoms with Crippen molar-refractivity contribution in [3.8, 4) is 11.3 Å². The number of nitrogens with zero attached hydrogens (tertiary/aromatic N) is 4. The number of aromatic nitrogens is 3. The Hall–Kier alpha value is -3.48. The number of carbonyl (C=O) groups is 1. The summed E-state index contributed by atoms with van der Waals surface area (Å²) in [7, 11) is 0. The third-order valence-corrected chi connectivity index (χ3v) is 5.52.